The number of hydrogen-bond acceptors (Lipinski definition) is 13. The van der Waals surface area contributed by atoms with Crippen molar-refractivity contribution >= 4 is 41.6 Å². The Morgan fingerprint density at radius 3 is 1.85 bits per heavy atom. The number of hydrogen-bond donors (Lipinski definition) is 4. The van der Waals surface area contributed by atoms with Gasteiger partial charge in [-0.2, -0.15) is 0 Å². The first-order valence-electron chi connectivity index (χ1n) is 12.4. The summed E-state index contributed by atoms with van der Waals surface area (Å²) < 4.78 is 26.5. The Balaban J connectivity index is 2.93. The van der Waals surface area contributed by atoms with Gasteiger partial charge < -0.3 is 39.6 Å². The molecule has 1 aliphatic rings. The van der Waals surface area contributed by atoms with Crippen molar-refractivity contribution < 1.29 is 57.2 Å². The van der Waals surface area contributed by atoms with Crippen LogP contribution in [0.2, 0.25) is 0 Å². The highest BCUT2D eigenvalue weighted by Crippen LogP contribution is 2.26. The van der Waals surface area contributed by atoms with Gasteiger partial charge in [-0.25, -0.2) is 0 Å². The molecule has 0 aromatic rings. The van der Waals surface area contributed by atoms with E-state index in [4.69, 9.17) is 23.7 Å². The molecule has 0 radical (unpaired) electrons. The van der Waals surface area contributed by atoms with Crippen molar-refractivity contribution in [3.63, 3.8) is 0 Å². The Morgan fingerprint density at radius 1 is 0.750 bits per heavy atom. The minimum absolute atomic E-state index is 0.323. The molecule has 1 fully saturated rings. The van der Waals surface area contributed by atoms with Gasteiger partial charge >= 0.3 is 23.9 Å². The van der Waals surface area contributed by atoms with Crippen molar-refractivity contribution in [3.8, 4) is 0 Å². The van der Waals surface area contributed by atoms with E-state index in [9.17, 15) is 33.6 Å². The van der Waals surface area contributed by atoms with Crippen LogP contribution >= 0.6 is 0 Å². The number of esters is 4. The first-order chi connectivity index (χ1) is 18.5. The summed E-state index contributed by atoms with van der Waals surface area (Å²) in [5.74, 6) is -4.71. The third-order valence-electron chi connectivity index (χ3n) is 4.84. The lowest BCUT2D eigenvalue weighted by atomic mass is 9.95. The smallest absolute Gasteiger partial charge is 0.325 e. The number of ether oxygens (including phenoxy) is 5. The summed E-state index contributed by atoms with van der Waals surface area (Å²) in [7, 11) is 0. The highest BCUT2D eigenvalue weighted by Gasteiger charge is 2.51. The Labute approximate surface area is 231 Å². The first-order valence-corrected chi connectivity index (χ1v) is 12.4. The summed E-state index contributed by atoms with van der Waals surface area (Å²) in [5.41, 5.74) is -0.710. The summed E-state index contributed by atoms with van der Waals surface area (Å²) >= 11 is 0. The number of rotatable bonds is 12. The summed E-state index contributed by atoms with van der Waals surface area (Å²) in [4.78, 5) is 83.4. The molecule has 16 heteroatoms. The molecular weight excluding hydrogens is 536 g/mol. The fraction of sp³-hybridized carbons (Fsp3) is 0.708. The topological polar surface area (TPSA) is 214 Å². The maximum atomic E-state index is 12.7. The third kappa shape index (κ3) is 13.3. The quantitative estimate of drug-likeness (QED) is 0.144. The Bertz CT molecular complexity index is 964. The highest BCUT2D eigenvalue weighted by molar-refractivity contribution is 5.84. The largest absolute Gasteiger partial charge is 0.463 e. The zero-order chi connectivity index (χ0) is 30.6. The summed E-state index contributed by atoms with van der Waals surface area (Å²) in [6.45, 7) is 8.05. The van der Waals surface area contributed by atoms with Crippen molar-refractivity contribution in [1.29, 1.82) is 0 Å². The zero-order valence-electron chi connectivity index (χ0n) is 23.6. The lowest BCUT2D eigenvalue weighted by Gasteiger charge is -2.45. The Hall–Kier alpha value is -3.79. The molecule has 0 aliphatic carbocycles. The van der Waals surface area contributed by atoms with E-state index in [2.05, 4.69) is 21.3 Å². The van der Waals surface area contributed by atoms with Gasteiger partial charge in [0, 0.05) is 27.7 Å². The normalized spacial score (nSPS) is 22.2. The number of carbonyl (C=O) groups is 7. The second-order valence-electron chi connectivity index (χ2n) is 9.81. The van der Waals surface area contributed by atoms with Gasteiger partial charge in [-0.05, 0) is 20.8 Å². The minimum atomic E-state index is -1.34. The van der Waals surface area contributed by atoms with Gasteiger partial charge in [-0.15, -0.1) is 0 Å². The van der Waals surface area contributed by atoms with Gasteiger partial charge in [0.2, 0.25) is 17.7 Å². The Kier molecular flexibility index (Phi) is 13.4. The second-order valence-corrected chi connectivity index (χ2v) is 9.81. The molecule has 226 valence electrons. The van der Waals surface area contributed by atoms with Crippen LogP contribution in [0.3, 0.4) is 0 Å². The van der Waals surface area contributed by atoms with Crippen LogP contribution in [0, 0.1) is 0 Å². The zero-order valence-corrected chi connectivity index (χ0v) is 23.6. The maximum Gasteiger partial charge on any atom is 0.325 e. The van der Waals surface area contributed by atoms with E-state index in [1.54, 1.807) is 20.8 Å². The lowest BCUT2D eigenvalue weighted by Crippen LogP contribution is -2.70. The molecule has 0 bridgehead atoms. The molecule has 0 saturated carbocycles. The van der Waals surface area contributed by atoms with Crippen molar-refractivity contribution in [2.45, 2.75) is 84.6 Å². The average molecular weight is 575 g/mol. The molecule has 1 aliphatic heterocycles. The average Bonchev–Trinajstić information content (AvgIpc) is 2.78. The molecule has 5 atom stereocenters. The van der Waals surface area contributed by atoms with E-state index in [0.717, 1.165) is 20.8 Å². The van der Waals surface area contributed by atoms with Crippen molar-refractivity contribution in [3.05, 3.63) is 0 Å². The molecular formula is C24H38N4O12. The predicted molar refractivity (Wildman–Crippen MR) is 134 cm³/mol. The van der Waals surface area contributed by atoms with Crippen LogP contribution in [0.1, 0.15) is 48.5 Å². The van der Waals surface area contributed by atoms with Crippen LogP contribution in [-0.4, -0.2) is 104 Å². The summed E-state index contributed by atoms with van der Waals surface area (Å²) in [5, 5.41) is 9.96. The van der Waals surface area contributed by atoms with E-state index in [-0.39, 0.29) is 13.1 Å². The van der Waals surface area contributed by atoms with E-state index in [0.29, 0.717) is 0 Å². The van der Waals surface area contributed by atoms with Crippen LogP contribution in [0.4, 0.5) is 0 Å². The monoisotopic (exact) mass is 574 g/mol. The molecule has 0 spiro atoms. The molecule has 0 aromatic heterocycles. The summed E-state index contributed by atoms with van der Waals surface area (Å²) in [6, 6.07) is -1.22. The van der Waals surface area contributed by atoms with Crippen LogP contribution < -0.4 is 21.3 Å². The maximum absolute atomic E-state index is 12.7. The molecule has 4 N–H and O–H groups in total. The fourth-order valence-electron chi connectivity index (χ4n) is 3.57. The van der Waals surface area contributed by atoms with E-state index in [1.807, 2.05) is 0 Å². The van der Waals surface area contributed by atoms with E-state index in [1.165, 1.54) is 6.92 Å². The molecule has 16 nitrogen and oxygen atoms in total. The Morgan fingerprint density at radius 2 is 1.32 bits per heavy atom. The standard InChI is InChI=1S/C24H38N4O12/c1-12(29)27-20-22(38-15(4)32)21(37-14(3)31)16(11-36-13(2)30)39-23(20)28-18(34)9-25-8-17(33)26-10-19(35)40-24(5,6)7/h16,20-23,25H,8-11H2,1-7H3,(H,26,33)(H,27,29)(H,28,34)/t16-,20-,21-,22-,23-/m1/s1. The van der Waals surface area contributed by atoms with Crippen LogP contribution in [-0.2, 0) is 57.2 Å². The van der Waals surface area contributed by atoms with Crippen LogP contribution in [0.25, 0.3) is 0 Å². The minimum Gasteiger partial charge on any atom is -0.463 e. The number of amides is 3. The van der Waals surface area contributed by atoms with Gasteiger partial charge in [0.25, 0.3) is 0 Å². The lowest BCUT2D eigenvalue weighted by molar-refractivity contribution is -0.227. The summed E-state index contributed by atoms with van der Waals surface area (Å²) in [6.07, 6.45) is -5.18. The van der Waals surface area contributed by atoms with Gasteiger partial charge in [-0.1, -0.05) is 0 Å². The van der Waals surface area contributed by atoms with Crippen molar-refractivity contribution in [1.82, 2.24) is 21.3 Å². The number of carbonyl (C=O) groups excluding carboxylic acids is 7. The van der Waals surface area contributed by atoms with E-state index < -0.39 is 90.9 Å². The van der Waals surface area contributed by atoms with Crippen LogP contribution in [0.5, 0.6) is 0 Å². The third-order valence-corrected chi connectivity index (χ3v) is 4.84. The van der Waals surface area contributed by atoms with Gasteiger partial charge in [0.1, 0.15) is 30.9 Å². The molecule has 1 heterocycles. The molecule has 0 aromatic carbocycles. The predicted octanol–water partition coefficient (Wildman–Crippen LogP) is -2.19. The molecule has 0 unspecified atom stereocenters. The molecule has 40 heavy (non-hydrogen) atoms. The molecule has 1 saturated heterocycles. The molecule has 1 rings (SSSR count). The first kappa shape index (κ1) is 34.2. The van der Waals surface area contributed by atoms with Gasteiger partial charge in [-0.3, -0.25) is 38.9 Å². The van der Waals surface area contributed by atoms with E-state index >= 15 is 0 Å². The van der Waals surface area contributed by atoms with Crippen molar-refractivity contribution in [2.75, 3.05) is 26.2 Å². The van der Waals surface area contributed by atoms with Gasteiger partial charge in [0.15, 0.2) is 18.4 Å². The van der Waals surface area contributed by atoms with Gasteiger partial charge in [0.05, 0.1) is 13.1 Å². The van der Waals surface area contributed by atoms with Crippen molar-refractivity contribution in [2.24, 2.45) is 0 Å². The molecule has 3 amide bonds. The highest BCUT2D eigenvalue weighted by atomic mass is 16.6. The fourth-order valence-corrected chi connectivity index (χ4v) is 3.57. The number of nitrogens with one attached hydrogen (secondary N) is 4. The second kappa shape index (κ2) is 15.7. The van der Waals surface area contributed by atoms with Crippen LogP contribution in [0.15, 0.2) is 0 Å². The SMILES string of the molecule is CC(=O)N[C@@H]1[C@@H](OC(C)=O)[C@H](OC(C)=O)[C@@H](COC(C)=O)O[C@H]1NC(=O)CNCC(=O)NCC(=O)OC(C)(C)C.